The fourth-order valence-corrected chi connectivity index (χ4v) is 3.71. The van der Waals surface area contributed by atoms with Gasteiger partial charge < -0.3 is 10.0 Å². The van der Waals surface area contributed by atoms with E-state index in [1.165, 1.54) is 12.8 Å². The maximum Gasteiger partial charge on any atom is 0.225 e. The fraction of sp³-hybridized carbons (Fsp3) is 0.941. The minimum absolute atomic E-state index is 0.224. The first kappa shape index (κ1) is 16.8. The van der Waals surface area contributed by atoms with E-state index in [2.05, 4.69) is 30.6 Å². The predicted molar refractivity (Wildman–Crippen MR) is 85.1 cm³/mol. The number of piperazine rings is 1. The lowest BCUT2D eigenvalue weighted by atomic mass is 9.73. The van der Waals surface area contributed by atoms with Crippen LogP contribution in [-0.2, 0) is 4.79 Å². The summed E-state index contributed by atoms with van der Waals surface area (Å²) in [6, 6.07) is 0.262. The lowest BCUT2D eigenvalue weighted by Crippen LogP contribution is -2.54. The lowest BCUT2D eigenvalue weighted by Gasteiger charge is -2.41. The third-order valence-electron chi connectivity index (χ3n) is 5.51. The van der Waals surface area contributed by atoms with Crippen molar-refractivity contribution in [2.75, 3.05) is 32.8 Å². The van der Waals surface area contributed by atoms with Crippen molar-refractivity contribution in [3.05, 3.63) is 0 Å². The summed E-state index contributed by atoms with van der Waals surface area (Å²) >= 11 is 0. The minimum atomic E-state index is 0.224. The molecule has 21 heavy (non-hydrogen) atoms. The number of rotatable bonds is 4. The lowest BCUT2D eigenvalue weighted by molar-refractivity contribution is -0.139. The minimum Gasteiger partial charge on any atom is -0.395 e. The van der Waals surface area contributed by atoms with Gasteiger partial charge in [-0.05, 0) is 37.5 Å². The summed E-state index contributed by atoms with van der Waals surface area (Å²) < 4.78 is 0. The molecule has 1 amide bonds. The molecule has 1 heterocycles. The van der Waals surface area contributed by atoms with Gasteiger partial charge in [0.25, 0.3) is 0 Å². The Balaban J connectivity index is 1.81. The van der Waals surface area contributed by atoms with Crippen LogP contribution in [0.3, 0.4) is 0 Å². The van der Waals surface area contributed by atoms with Crippen LogP contribution in [0.4, 0.5) is 0 Å². The molecule has 0 aromatic rings. The predicted octanol–water partition coefficient (Wildman–Crippen LogP) is 2.12. The Hall–Kier alpha value is -0.610. The van der Waals surface area contributed by atoms with Crippen LogP contribution in [0.1, 0.15) is 52.9 Å². The zero-order valence-corrected chi connectivity index (χ0v) is 14.0. The highest BCUT2D eigenvalue weighted by Crippen LogP contribution is 2.38. The van der Waals surface area contributed by atoms with Gasteiger partial charge >= 0.3 is 0 Å². The van der Waals surface area contributed by atoms with Crippen molar-refractivity contribution in [2.45, 2.75) is 58.9 Å². The van der Waals surface area contributed by atoms with Crippen LogP contribution in [0.5, 0.6) is 0 Å². The highest BCUT2D eigenvalue weighted by atomic mass is 16.3. The van der Waals surface area contributed by atoms with Crippen LogP contribution in [0.2, 0.25) is 0 Å². The van der Waals surface area contributed by atoms with E-state index in [4.69, 9.17) is 0 Å². The molecule has 0 radical (unpaired) electrons. The van der Waals surface area contributed by atoms with Crippen LogP contribution in [0.15, 0.2) is 0 Å². The van der Waals surface area contributed by atoms with Gasteiger partial charge in [-0.1, -0.05) is 20.8 Å². The molecule has 1 saturated carbocycles. The number of aliphatic hydroxyl groups is 1. The van der Waals surface area contributed by atoms with E-state index in [1.54, 1.807) is 0 Å². The van der Waals surface area contributed by atoms with Gasteiger partial charge in [0, 0.05) is 38.1 Å². The zero-order valence-electron chi connectivity index (χ0n) is 14.0. The van der Waals surface area contributed by atoms with Crippen molar-refractivity contribution in [2.24, 2.45) is 11.3 Å². The third kappa shape index (κ3) is 4.19. The molecule has 0 aromatic carbocycles. The van der Waals surface area contributed by atoms with Crippen molar-refractivity contribution >= 4 is 5.91 Å². The molecule has 4 nitrogen and oxygen atoms in total. The van der Waals surface area contributed by atoms with Gasteiger partial charge in [0.2, 0.25) is 5.91 Å². The van der Waals surface area contributed by atoms with Crippen LogP contribution < -0.4 is 0 Å². The average Bonchev–Trinajstić information content (AvgIpc) is 2.48. The monoisotopic (exact) mass is 296 g/mol. The summed E-state index contributed by atoms with van der Waals surface area (Å²) in [7, 11) is 0. The quantitative estimate of drug-likeness (QED) is 0.864. The van der Waals surface area contributed by atoms with Gasteiger partial charge in [-0.3, -0.25) is 9.69 Å². The number of hydrogen-bond acceptors (Lipinski definition) is 3. The molecule has 2 fully saturated rings. The number of hydrogen-bond donors (Lipinski definition) is 1. The molecule has 1 unspecified atom stereocenters. The molecular weight excluding hydrogens is 264 g/mol. The van der Waals surface area contributed by atoms with Gasteiger partial charge in [-0.25, -0.2) is 0 Å². The summed E-state index contributed by atoms with van der Waals surface area (Å²) in [6.07, 6.45) is 5.43. The fourth-order valence-electron chi connectivity index (χ4n) is 3.71. The normalized spacial score (nSPS) is 25.8. The van der Waals surface area contributed by atoms with Crippen LogP contribution in [-0.4, -0.2) is 59.6 Å². The molecule has 1 atom stereocenters. The summed E-state index contributed by atoms with van der Waals surface area (Å²) in [5.41, 5.74) is 0.422. The summed E-state index contributed by atoms with van der Waals surface area (Å²) in [6.45, 7) is 10.4. The summed E-state index contributed by atoms with van der Waals surface area (Å²) in [5, 5.41) is 9.38. The standard InChI is InChI=1S/C17H32N2O2/c1-4-15(13-20)18-9-11-19(12-10-18)16(21)14-5-7-17(2,3)8-6-14/h14-15,20H,4-13H2,1-3H3. The van der Waals surface area contributed by atoms with Gasteiger partial charge in [0.15, 0.2) is 0 Å². The molecule has 1 saturated heterocycles. The Labute approximate surface area is 129 Å². The second kappa shape index (κ2) is 7.10. The molecule has 1 aliphatic heterocycles. The first-order chi connectivity index (χ1) is 9.96. The molecule has 1 N–H and O–H groups in total. The van der Waals surface area contributed by atoms with Gasteiger partial charge in [-0.2, -0.15) is 0 Å². The Morgan fingerprint density at radius 2 is 1.76 bits per heavy atom. The van der Waals surface area contributed by atoms with E-state index in [-0.39, 0.29) is 18.6 Å². The van der Waals surface area contributed by atoms with Crippen LogP contribution in [0.25, 0.3) is 0 Å². The van der Waals surface area contributed by atoms with Gasteiger partial charge in [-0.15, -0.1) is 0 Å². The van der Waals surface area contributed by atoms with Crippen molar-refractivity contribution in [1.29, 1.82) is 0 Å². The number of nitrogens with zero attached hydrogens (tertiary/aromatic N) is 2. The molecule has 2 rings (SSSR count). The van der Waals surface area contributed by atoms with Gasteiger partial charge in [0.05, 0.1) is 6.61 Å². The first-order valence-electron chi connectivity index (χ1n) is 8.60. The van der Waals surface area contributed by atoms with Gasteiger partial charge in [0.1, 0.15) is 0 Å². The largest absolute Gasteiger partial charge is 0.395 e. The van der Waals surface area contributed by atoms with E-state index >= 15 is 0 Å². The number of amides is 1. The second-order valence-electron chi connectivity index (χ2n) is 7.54. The Kier molecular flexibility index (Phi) is 5.67. The van der Waals surface area contributed by atoms with Crippen molar-refractivity contribution in [3.63, 3.8) is 0 Å². The van der Waals surface area contributed by atoms with E-state index in [0.29, 0.717) is 11.3 Å². The van der Waals surface area contributed by atoms with Crippen LogP contribution >= 0.6 is 0 Å². The number of aliphatic hydroxyl groups excluding tert-OH is 1. The highest BCUT2D eigenvalue weighted by Gasteiger charge is 2.34. The second-order valence-corrected chi connectivity index (χ2v) is 7.54. The Morgan fingerprint density at radius 3 is 2.24 bits per heavy atom. The number of carbonyl (C=O) groups excluding carboxylic acids is 1. The van der Waals surface area contributed by atoms with Crippen molar-refractivity contribution < 1.29 is 9.90 Å². The van der Waals surface area contributed by atoms with Crippen molar-refractivity contribution in [3.8, 4) is 0 Å². The molecular formula is C17H32N2O2. The Bertz CT molecular complexity index is 335. The maximum absolute atomic E-state index is 12.6. The molecule has 0 aromatic heterocycles. The SMILES string of the molecule is CCC(CO)N1CCN(C(=O)C2CCC(C)(C)CC2)CC1. The molecule has 122 valence electrons. The summed E-state index contributed by atoms with van der Waals surface area (Å²) in [4.78, 5) is 17.0. The maximum atomic E-state index is 12.6. The molecule has 1 aliphatic carbocycles. The molecule has 2 aliphatic rings. The summed E-state index contributed by atoms with van der Waals surface area (Å²) in [5.74, 6) is 0.631. The van der Waals surface area contributed by atoms with E-state index in [0.717, 1.165) is 45.4 Å². The zero-order chi connectivity index (χ0) is 15.5. The third-order valence-corrected chi connectivity index (χ3v) is 5.51. The number of carbonyl (C=O) groups is 1. The topological polar surface area (TPSA) is 43.8 Å². The van der Waals surface area contributed by atoms with Crippen LogP contribution in [0, 0.1) is 11.3 Å². The molecule has 0 bridgehead atoms. The average molecular weight is 296 g/mol. The smallest absolute Gasteiger partial charge is 0.225 e. The first-order valence-corrected chi connectivity index (χ1v) is 8.60. The van der Waals surface area contributed by atoms with E-state index in [9.17, 15) is 9.90 Å². The highest BCUT2D eigenvalue weighted by molar-refractivity contribution is 5.79. The Morgan fingerprint density at radius 1 is 1.19 bits per heavy atom. The van der Waals surface area contributed by atoms with E-state index < -0.39 is 0 Å². The van der Waals surface area contributed by atoms with E-state index in [1.807, 2.05) is 0 Å². The molecule has 4 heteroatoms. The van der Waals surface area contributed by atoms with Crippen molar-refractivity contribution in [1.82, 2.24) is 9.80 Å². The molecule has 0 spiro atoms.